The van der Waals surface area contributed by atoms with Crippen molar-refractivity contribution in [3.8, 4) is 0 Å². The summed E-state index contributed by atoms with van der Waals surface area (Å²) in [7, 11) is 2.53. The first-order valence-corrected chi connectivity index (χ1v) is 8.83. The van der Waals surface area contributed by atoms with E-state index in [4.69, 9.17) is 21.3 Å². The average molecular weight is 427 g/mol. The third-order valence-electron chi connectivity index (χ3n) is 4.22. The fourth-order valence-corrected chi connectivity index (χ4v) is 2.67. The molecule has 3 rings (SSSR count). The summed E-state index contributed by atoms with van der Waals surface area (Å²) < 4.78 is 42.8. The molecule has 1 aromatic carbocycles. The number of methoxy groups -OCH3 is 1. The first-order valence-electron chi connectivity index (χ1n) is 10.3. The van der Waals surface area contributed by atoms with Gasteiger partial charge in [-0.25, -0.2) is 24.1 Å². The lowest BCUT2D eigenvalue weighted by Crippen LogP contribution is -2.28. The van der Waals surface area contributed by atoms with Crippen LogP contribution < -0.4 is 22.1 Å². The number of nitrogens with two attached hydrogens (primary N) is 3. The molecule has 6 N–H and O–H groups in total. The second kappa shape index (κ2) is 9.03. The Morgan fingerprint density at radius 1 is 1.29 bits per heavy atom. The van der Waals surface area contributed by atoms with Crippen LogP contribution in [0.25, 0.3) is 5.70 Å². The quantitative estimate of drug-likeness (QED) is 0.672. The van der Waals surface area contributed by atoms with Crippen LogP contribution in [0.2, 0.25) is 0 Å². The number of nitrogen functional groups attached to an aromatic ring is 2. The number of allylic oxidation sites excluding steroid dienone is 1. The van der Waals surface area contributed by atoms with Gasteiger partial charge in [0.1, 0.15) is 11.5 Å². The maximum Gasteiger partial charge on any atom is 0.413 e. The molecule has 1 aliphatic heterocycles. The smallest absolute Gasteiger partial charge is 0.413 e. The van der Waals surface area contributed by atoms with Crippen LogP contribution in [0, 0.1) is 5.82 Å². The second-order valence-electron chi connectivity index (χ2n) is 6.19. The second-order valence-corrected chi connectivity index (χ2v) is 6.19. The number of hydrogen-bond acceptors (Lipinski definition) is 8. The Bertz CT molecular complexity index is 1270. The average Bonchev–Trinajstić information content (AvgIpc) is 2.80. The first-order chi connectivity index (χ1) is 16.1. The van der Waals surface area contributed by atoms with E-state index < -0.39 is 30.2 Å². The molecule has 0 radical (unpaired) electrons. The highest BCUT2D eigenvalue weighted by molar-refractivity contribution is 6.13. The number of halogens is 1. The van der Waals surface area contributed by atoms with Crippen molar-refractivity contribution in [3.63, 3.8) is 0 Å². The van der Waals surface area contributed by atoms with Crippen LogP contribution in [0.4, 0.5) is 26.5 Å². The maximum atomic E-state index is 14.0. The van der Waals surface area contributed by atoms with Gasteiger partial charge < -0.3 is 21.9 Å². The molecule has 1 aromatic heterocycles. The standard InChI is InChI=1S/C20H21FN8O2/c1-29(20(30)31-2)15-16(23)27-19(28-17(15)24)14(22)12-7-5-9-25-18(12)26-10-11-6-3-4-8-13(11)21/h3-9H,10,22H2,1-2H3,(H4,23,24,27,28)/i5D,7D,9D. The molecule has 1 amide bonds. The molecule has 0 spiro atoms. The summed E-state index contributed by atoms with van der Waals surface area (Å²) in [6.07, 6.45) is -1.27. The Kier molecular flexibility index (Phi) is 5.12. The normalized spacial score (nSPS) is 18.1. The Labute approximate surface area is 181 Å². The summed E-state index contributed by atoms with van der Waals surface area (Å²) >= 11 is 0. The van der Waals surface area contributed by atoms with Gasteiger partial charge >= 0.3 is 6.09 Å². The number of aromatic nitrogens is 2. The molecule has 0 bridgehead atoms. The molecule has 11 heteroatoms. The molecule has 0 atom stereocenters. The number of ether oxygens (including phenoxy) is 1. The number of amides is 1. The maximum absolute atomic E-state index is 14.0. The number of benzene rings is 1. The number of dihydropyridines is 1. The van der Waals surface area contributed by atoms with Gasteiger partial charge in [0.25, 0.3) is 0 Å². The molecule has 2 heterocycles. The van der Waals surface area contributed by atoms with Gasteiger partial charge in [-0.3, -0.25) is 9.89 Å². The van der Waals surface area contributed by atoms with E-state index in [2.05, 4.69) is 24.7 Å². The number of anilines is 3. The van der Waals surface area contributed by atoms with Crippen LogP contribution in [0.15, 0.2) is 51.9 Å². The molecule has 10 nitrogen and oxygen atoms in total. The van der Waals surface area contributed by atoms with Gasteiger partial charge in [0.2, 0.25) is 0 Å². The molecular weight excluding hydrogens is 403 g/mol. The van der Waals surface area contributed by atoms with E-state index in [9.17, 15) is 9.18 Å². The fourth-order valence-electron chi connectivity index (χ4n) is 2.67. The molecule has 0 unspecified atom stereocenters. The van der Waals surface area contributed by atoms with Gasteiger partial charge in [-0.05, 0) is 18.2 Å². The van der Waals surface area contributed by atoms with Gasteiger partial charge in [0.15, 0.2) is 23.3 Å². The number of amidine groups is 1. The molecule has 0 saturated heterocycles. The molecule has 0 saturated carbocycles. The van der Waals surface area contributed by atoms with Gasteiger partial charge in [-0.15, -0.1) is 0 Å². The zero-order valence-electron chi connectivity index (χ0n) is 19.7. The number of carbonyl (C=O) groups excluding carboxylic acids is 1. The summed E-state index contributed by atoms with van der Waals surface area (Å²) in [5.41, 5.74) is 18.0. The summed E-state index contributed by atoms with van der Waals surface area (Å²) in [4.78, 5) is 29.1. The van der Waals surface area contributed by atoms with Crippen molar-refractivity contribution < 1.29 is 18.0 Å². The topological polar surface area (TPSA) is 158 Å². The molecular formula is C20H21FN8O2. The van der Waals surface area contributed by atoms with Crippen LogP contribution in [-0.2, 0) is 11.3 Å². The minimum atomic E-state index is -0.761. The van der Waals surface area contributed by atoms with E-state index in [1.165, 1.54) is 32.4 Å². The van der Waals surface area contributed by atoms with E-state index in [1.54, 1.807) is 6.07 Å². The van der Waals surface area contributed by atoms with Crippen LogP contribution in [-0.4, -0.2) is 42.2 Å². The lowest BCUT2D eigenvalue weighted by atomic mass is 10.1. The minimum Gasteiger partial charge on any atom is -0.452 e. The van der Waals surface area contributed by atoms with E-state index in [-0.39, 0.29) is 52.4 Å². The molecule has 160 valence electrons. The monoisotopic (exact) mass is 427 g/mol. The van der Waals surface area contributed by atoms with E-state index >= 15 is 0 Å². The highest BCUT2D eigenvalue weighted by Crippen LogP contribution is 2.29. The van der Waals surface area contributed by atoms with E-state index in [1.807, 2.05) is 0 Å². The van der Waals surface area contributed by atoms with Gasteiger partial charge in [0, 0.05) is 24.4 Å². The number of aliphatic imine (C=N–C) groups is 2. The largest absolute Gasteiger partial charge is 0.452 e. The molecule has 31 heavy (non-hydrogen) atoms. The Balaban J connectivity index is 2.13. The highest BCUT2D eigenvalue weighted by atomic mass is 19.1. The zero-order valence-corrected chi connectivity index (χ0v) is 16.7. The summed E-state index contributed by atoms with van der Waals surface area (Å²) in [5, 5.41) is 0. The van der Waals surface area contributed by atoms with Crippen molar-refractivity contribution in [2.45, 2.75) is 6.54 Å². The van der Waals surface area contributed by atoms with Crippen molar-refractivity contribution in [3.05, 3.63) is 59.1 Å². The Morgan fingerprint density at radius 3 is 2.61 bits per heavy atom. The lowest BCUT2D eigenvalue weighted by molar-refractivity contribution is 0.180. The number of hydrogen-bond donors (Lipinski definition) is 3. The zero-order chi connectivity index (χ0) is 25.2. The summed E-state index contributed by atoms with van der Waals surface area (Å²) in [6.45, 7) is -0.163. The molecule has 0 aliphatic carbocycles. The Morgan fingerprint density at radius 2 is 1.97 bits per heavy atom. The SMILES string of the molecule is [2H]C1=NC(=NCc2ccccc2F)C(=C(N)c2nc(N)c(N(C)C(=O)OC)c(N)n2)C([2H])=C1[2H]. The Hall–Kier alpha value is -4.28. The minimum absolute atomic E-state index is 0.0141. The third-order valence-corrected chi connectivity index (χ3v) is 4.22. The van der Waals surface area contributed by atoms with Crippen LogP contribution in [0.3, 0.4) is 0 Å². The predicted octanol–water partition coefficient (Wildman–Crippen LogP) is 1.89. The van der Waals surface area contributed by atoms with Crippen molar-refractivity contribution in [1.82, 2.24) is 9.97 Å². The number of rotatable bonds is 4. The van der Waals surface area contributed by atoms with Gasteiger partial charge in [-0.2, -0.15) is 0 Å². The molecule has 2 aromatic rings. The summed E-state index contributed by atoms with van der Waals surface area (Å²) in [6, 6.07) is 4.99. The van der Waals surface area contributed by atoms with Crippen LogP contribution in [0.1, 0.15) is 15.5 Å². The highest BCUT2D eigenvalue weighted by Gasteiger charge is 2.22. The van der Waals surface area contributed by atoms with E-state index in [0.29, 0.717) is 0 Å². The molecule has 1 aliphatic rings. The van der Waals surface area contributed by atoms with Crippen LogP contribution in [0.5, 0.6) is 0 Å². The summed E-state index contributed by atoms with van der Waals surface area (Å²) in [5.74, 6) is -1.29. The fraction of sp³-hybridized carbons (Fsp3) is 0.150. The predicted molar refractivity (Wildman–Crippen MR) is 118 cm³/mol. The van der Waals surface area contributed by atoms with Crippen molar-refractivity contribution >= 4 is 41.1 Å². The first kappa shape index (κ1) is 17.6. The van der Waals surface area contributed by atoms with Gasteiger partial charge in [0.05, 0.1) is 23.5 Å². The van der Waals surface area contributed by atoms with Gasteiger partial charge in [-0.1, -0.05) is 18.2 Å². The van der Waals surface area contributed by atoms with Crippen LogP contribution >= 0.6 is 0 Å². The third kappa shape index (κ3) is 4.50. The lowest BCUT2D eigenvalue weighted by Gasteiger charge is -2.19. The van der Waals surface area contributed by atoms with Crippen molar-refractivity contribution in [1.29, 1.82) is 0 Å². The number of carbonyl (C=O) groups is 1. The van der Waals surface area contributed by atoms with E-state index in [0.717, 1.165) is 4.90 Å². The van der Waals surface area contributed by atoms with Crippen molar-refractivity contribution in [2.75, 3.05) is 30.5 Å². The molecule has 0 fully saturated rings. The van der Waals surface area contributed by atoms with Crippen molar-refractivity contribution in [2.24, 2.45) is 15.7 Å². The number of nitrogens with zero attached hydrogens (tertiary/aromatic N) is 5.